The van der Waals surface area contributed by atoms with E-state index in [9.17, 15) is 0 Å². The summed E-state index contributed by atoms with van der Waals surface area (Å²) in [7, 11) is 0. The zero-order chi connectivity index (χ0) is 8.81. The molecule has 1 rings (SSSR count). The number of alkyl halides is 1. The summed E-state index contributed by atoms with van der Waals surface area (Å²) in [5.41, 5.74) is 0. The molecule has 0 bridgehead atoms. The van der Waals surface area contributed by atoms with Crippen molar-refractivity contribution >= 4 is 15.9 Å². The minimum absolute atomic E-state index is 0.388. The second-order valence-corrected chi connectivity index (χ2v) is 3.89. The molecule has 0 N–H and O–H groups in total. The maximum atomic E-state index is 5.72. The van der Waals surface area contributed by atoms with Gasteiger partial charge < -0.3 is 4.74 Å². The van der Waals surface area contributed by atoms with Crippen molar-refractivity contribution in [2.75, 3.05) is 5.33 Å². The van der Waals surface area contributed by atoms with Crippen molar-refractivity contribution in [1.82, 2.24) is 0 Å². The third-order valence-corrected chi connectivity index (χ3v) is 2.84. The minimum Gasteiger partial charge on any atom is -0.370 e. The Labute approximate surface area is 83.3 Å². The second-order valence-electron chi connectivity index (χ2n) is 3.25. The van der Waals surface area contributed by atoms with Gasteiger partial charge in [-0.15, -0.1) is 0 Å². The van der Waals surface area contributed by atoms with Gasteiger partial charge in [-0.05, 0) is 19.3 Å². The van der Waals surface area contributed by atoms with E-state index in [4.69, 9.17) is 4.74 Å². The highest BCUT2D eigenvalue weighted by Gasteiger charge is 2.21. The number of hydrogen-bond donors (Lipinski definition) is 0. The summed E-state index contributed by atoms with van der Waals surface area (Å²) in [6.07, 6.45) is 10.1. The van der Waals surface area contributed by atoms with Crippen molar-refractivity contribution in [2.45, 2.75) is 44.8 Å². The smallest absolute Gasteiger partial charge is 0.0760 e. The Hall–Kier alpha value is 0.180. The van der Waals surface area contributed by atoms with E-state index in [2.05, 4.69) is 35.0 Å². The van der Waals surface area contributed by atoms with Crippen molar-refractivity contribution in [2.24, 2.45) is 0 Å². The Morgan fingerprint density at radius 1 is 1.50 bits per heavy atom. The van der Waals surface area contributed by atoms with Crippen LogP contribution in [-0.2, 0) is 4.74 Å². The highest BCUT2D eigenvalue weighted by atomic mass is 79.9. The van der Waals surface area contributed by atoms with Gasteiger partial charge >= 0.3 is 0 Å². The van der Waals surface area contributed by atoms with Crippen LogP contribution in [0.3, 0.4) is 0 Å². The van der Waals surface area contributed by atoms with Crippen LogP contribution in [0.1, 0.15) is 32.6 Å². The van der Waals surface area contributed by atoms with Gasteiger partial charge in [0.15, 0.2) is 0 Å². The first-order valence-corrected chi connectivity index (χ1v) is 5.87. The molecule has 1 aliphatic heterocycles. The van der Waals surface area contributed by atoms with E-state index in [0.717, 1.165) is 5.33 Å². The third kappa shape index (κ3) is 3.28. The summed E-state index contributed by atoms with van der Waals surface area (Å²) in [5.74, 6) is 0. The lowest BCUT2D eigenvalue weighted by atomic mass is 10.2. The fourth-order valence-electron chi connectivity index (χ4n) is 1.40. The Kier molecular flexibility index (Phi) is 4.93. The summed E-state index contributed by atoms with van der Waals surface area (Å²) in [4.78, 5) is 0. The number of ether oxygens (including phenoxy) is 1. The second kappa shape index (κ2) is 5.76. The van der Waals surface area contributed by atoms with Gasteiger partial charge in [0.1, 0.15) is 0 Å². The van der Waals surface area contributed by atoms with Gasteiger partial charge in [0, 0.05) is 5.33 Å². The number of rotatable bonds is 4. The molecule has 2 unspecified atom stereocenters. The Balaban J connectivity index is 2.18. The lowest BCUT2D eigenvalue weighted by Gasteiger charge is -2.06. The Bertz CT molecular complexity index is 145. The highest BCUT2D eigenvalue weighted by Crippen LogP contribution is 2.21. The van der Waals surface area contributed by atoms with E-state index in [1.807, 2.05) is 0 Å². The molecule has 0 saturated carbocycles. The molecular weight excluding hydrogens is 216 g/mol. The van der Waals surface area contributed by atoms with Gasteiger partial charge in [-0.3, -0.25) is 0 Å². The van der Waals surface area contributed by atoms with Crippen molar-refractivity contribution in [3.05, 3.63) is 12.2 Å². The molecule has 0 aromatic heterocycles. The van der Waals surface area contributed by atoms with Crippen LogP contribution in [-0.4, -0.2) is 17.5 Å². The zero-order valence-corrected chi connectivity index (χ0v) is 9.22. The maximum absolute atomic E-state index is 5.72. The molecule has 1 heterocycles. The maximum Gasteiger partial charge on any atom is 0.0760 e. The predicted octanol–water partition coefficient (Wildman–Crippen LogP) is 3.29. The lowest BCUT2D eigenvalue weighted by molar-refractivity contribution is 0.0868. The van der Waals surface area contributed by atoms with E-state index in [0.29, 0.717) is 12.2 Å². The topological polar surface area (TPSA) is 9.23 Å². The van der Waals surface area contributed by atoms with E-state index in [1.165, 1.54) is 25.7 Å². The molecule has 0 amide bonds. The summed E-state index contributed by atoms with van der Waals surface area (Å²) < 4.78 is 5.72. The van der Waals surface area contributed by atoms with Gasteiger partial charge in [-0.1, -0.05) is 41.4 Å². The summed E-state index contributed by atoms with van der Waals surface area (Å²) >= 11 is 3.44. The van der Waals surface area contributed by atoms with Crippen LogP contribution in [0.15, 0.2) is 12.2 Å². The first-order chi connectivity index (χ1) is 5.86. The van der Waals surface area contributed by atoms with Crippen molar-refractivity contribution in [3.63, 3.8) is 0 Å². The Morgan fingerprint density at radius 3 is 2.92 bits per heavy atom. The monoisotopic (exact) mass is 232 g/mol. The quantitative estimate of drug-likeness (QED) is 0.534. The highest BCUT2D eigenvalue weighted by molar-refractivity contribution is 9.09. The van der Waals surface area contributed by atoms with Crippen molar-refractivity contribution in [3.8, 4) is 0 Å². The fraction of sp³-hybridized carbons (Fsp3) is 0.800. The van der Waals surface area contributed by atoms with E-state index in [1.54, 1.807) is 0 Å². The summed E-state index contributed by atoms with van der Waals surface area (Å²) in [6.45, 7) is 2.20. The summed E-state index contributed by atoms with van der Waals surface area (Å²) in [6, 6.07) is 0. The zero-order valence-electron chi connectivity index (χ0n) is 7.63. The predicted molar refractivity (Wildman–Crippen MR) is 55.7 cm³/mol. The number of hydrogen-bond acceptors (Lipinski definition) is 1. The van der Waals surface area contributed by atoms with Gasteiger partial charge in [-0.25, -0.2) is 0 Å². The summed E-state index contributed by atoms with van der Waals surface area (Å²) in [5, 5.41) is 0.977. The van der Waals surface area contributed by atoms with Crippen molar-refractivity contribution in [1.29, 1.82) is 0 Å². The largest absolute Gasteiger partial charge is 0.370 e. The molecule has 1 saturated heterocycles. The standard InChI is InChI=1S/C10H17BrO/c1-2-3-4-5-9-6-7-10(8-11)12-9/h4-5,9-10H,2-3,6-8H2,1H3/b5-4+. The lowest BCUT2D eigenvalue weighted by Crippen LogP contribution is -2.09. The first-order valence-electron chi connectivity index (χ1n) is 4.75. The number of unbranched alkanes of at least 4 members (excludes halogenated alkanes) is 1. The number of halogens is 1. The number of allylic oxidation sites excluding steroid dienone is 1. The van der Waals surface area contributed by atoms with Crippen LogP contribution in [0.5, 0.6) is 0 Å². The molecule has 70 valence electrons. The minimum atomic E-state index is 0.388. The average Bonchev–Trinajstić information content (AvgIpc) is 2.53. The molecule has 2 heteroatoms. The van der Waals surface area contributed by atoms with E-state index in [-0.39, 0.29) is 0 Å². The van der Waals surface area contributed by atoms with Crippen LogP contribution >= 0.6 is 15.9 Å². The van der Waals surface area contributed by atoms with Crippen LogP contribution in [0.4, 0.5) is 0 Å². The molecule has 0 spiro atoms. The van der Waals surface area contributed by atoms with Gasteiger partial charge in [0.05, 0.1) is 12.2 Å². The van der Waals surface area contributed by atoms with Gasteiger partial charge in [0.25, 0.3) is 0 Å². The van der Waals surface area contributed by atoms with Crippen LogP contribution in [0.25, 0.3) is 0 Å². The van der Waals surface area contributed by atoms with Crippen molar-refractivity contribution < 1.29 is 4.74 Å². The SMILES string of the molecule is CCC/C=C/C1CCC(CBr)O1. The fourth-order valence-corrected chi connectivity index (χ4v) is 1.88. The molecular formula is C10H17BrO. The first kappa shape index (κ1) is 10.3. The average molecular weight is 233 g/mol. The molecule has 1 fully saturated rings. The molecule has 0 aromatic rings. The molecule has 0 aromatic carbocycles. The molecule has 1 aliphatic rings. The molecule has 1 nitrogen and oxygen atoms in total. The molecule has 0 radical (unpaired) electrons. The Morgan fingerprint density at radius 2 is 2.33 bits per heavy atom. The van der Waals surface area contributed by atoms with E-state index >= 15 is 0 Å². The van der Waals surface area contributed by atoms with Crippen LogP contribution < -0.4 is 0 Å². The normalized spacial score (nSPS) is 30.2. The van der Waals surface area contributed by atoms with Gasteiger partial charge in [0.2, 0.25) is 0 Å². The van der Waals surface area contributed by atoms with E-state index < -0.39 is 0 Å². The van der Waals surface area contributed by atoms with Crippen LogP contribution in [0.2, 0.25) is 0 Å². The molecule has 0 aliphatic carbocycles. The molecule has 12 heavy (non-hydrogen) atoms. The molecule has 2 atom stereocenters. The van der Waals surface area contributed by atoms with Crippen LogP contribution in [0, 0.1) is 0 Å². The van der Waals surface area contributed by atoms with Gasteiger partial charge in [-0.2, -0.15) is 0 Å². The third-order valence-electron chi connectivity index (χ3n) is 2.12.